The van der Waals surface area contributed by atoms with Gasteiger partial charge in [-0.15, -0.1) is 0 Å². The van der Waals surface area contributed by atoms with E-state index in [0.29, 0.717) is 44.9 Å². The molecular weight excluding hydrogens is 899 g/mol. The Balaban J connectivity index is 2.36. The van der Waals surface area contributed by atoms with Gasteiger partial charge in [0.1, 0.15) is 18.5 Å². The van der Waals surface area contributed by atoms with Gasteiger partial charge in [-0.05, 0) is 38.5 Å². The van der Waals surface area contributed by atoms with Crippen LogP contribution >= 0.6 is 0 Å². The zero-order chi connectivity index (χ0) is 51.6. The Morgan fingerprint density at radius 1 is 0.479 bits per heavy atom. The summed E-state index contributed by atoms with van der Waals surface area (Å²) < 4.78 is 30.8. The number of esters is 4. The van der Waals surface area contributed by atoms with Crippen LogP contribution < -0.4 is 5.32 Å². The summed E-state index contributed by atoms with van der Waals surface area (Å²) in [4.78, 5) is 68.1. The topological polar surface area (TPSA) is 164 Å². The summed E-state index contributed by atoms with van der Waals surface area (Å²) in [5.41, 5.74) is 0. The van der Waals surface area contributed by atoms with Crippen LogP contribution in [0, 0.1) is 0 Å². The molecule has 2 fully saturated rings. The van der Waals surface area contributed by atoms with E-state index in [4.69, 9.17) is 23.7 Å². The van der Waals surface area contributed by atoms with Crippen LogP contribution in [0.2, 0.25) is 0 Å². The summed E-state index contributed by atoms with van der Waals surface area (Å²) in [5, 5.41) is 15.6. The van der Waals surface area contributed by atoms with Gasteiger partial charge in [-0.1, -0.05) is 233 Å². The molecule has 1 saturated heterocycles. The Hall–Kier alpha value is -2.57. The van der Waals surface area contributed by atoms with Gasteiger partial charge in [-0.2, -0.15) is 0 Å². The van der Waals surface area contributed by atoms with E-state index in [1.54, 1.807) is 0 Å². The van der Waals surface area contributed by atoms with Gasteiger partial charge in [0, 0.05) is 32.1 Å². The Kier molecular flexibility index (Phi) is 38.9. The van der Waals surface area contributed by atoms with Gasteiger partial charge in [0.15, 0.2) is 12.2 Å². The Morgan fingerprint density at radius 3 is 1.15 bits per heavy atom. The van der Waals surface area contributed by atoms with Gasteiger partial charge >= 0.3 is 23.9 Å². The van der Waals surface area contributed by atoms with Crippen LogP contribution in [0.15, 0.2) is 0 Å². The number of carbonyl (C=O) groups excluding carboxylic acids is 5. The Morgan fingerprint density at radius 2 is 0.803 bits per heavy atom. The van der Waals surface area contributed by atoms with E-state index in [0.717, 1.165) is 96.3 Å². The molecule has 0 aromatic heterocycles. The Bertz CT molecular complexity index is 1380. The van der Waals surface area contributed by atoms with E-state index < -0.39 is 66.9 Å². The van der Waals surface area contributed by atoms with Crippen LogP contribution in [0.1, 0.15) is 304 Å². The highest BCUT2D eigenvalue weighted by Gasteiger charge is 2.61. The zero-order valence-electron chi connectivity index (χ0n) is 46.0. The third-order valence-electron chi connectivity index (χ3n) is 14.5. The number of hydrogen-bond acceptors (Lipinski definition) is 12. The van der Waals surface area contributed by atoms with Gasteiger partial charge in [0.2, 0.25) is 6.10 Å². The normalized spacial score (nSPS) is 21.1. The van der Waals surface area contributed by atoms with Crippen LogP contribution in [0.3, 0.4) is 0 Å². The molecule has 1 aliphatic carbocycles. The molecule has 2 aliphatic rings. The number of hydrogen-bond donors (Lipinski definition) is 2. The van der Waals surface area contributed by atoms with E-state index in [-0.39, 0.29) is 31.5 Å². The zero-order valence-corrected chi connectivity index (χ0v) is 46.0. The van der Waals surface area contributed by atoms with Gasteiger partial charge in [-0.25, -0.2) is 0 Å². The smallest absolute Gasteiger partial charge is 0.306 e. The van der Waals surface area contributed by atoms with Gasteiger partial charge in [0.05, 0.1) is 6.04 Å². The second-order valence-corrected chi connectivity index (χ2v) is 21.2. The first-order valence-corrected chi connectivity index (χ1v) is 30.0. The maximum absolute atomic E-state index is 13.9. The molecule has 12 heteroatoms. The predicted molar refractivity (Wildman–Crippen MR) is 284 cm³/mol. The monoisotopic (exact) mass is 1010 g/mol. The third-order valence-corrected chi connectivity index (χ3v) is 14.5. The number of unbranched alkanes of at least 4 members (excludes halogenated alkanes) is 32. The molecule has 1 heterocycles. The number of Topliss-reactive ketones (excluding diaryl/α,β-unsaturated/α-hetero) is 1. The fraction of sp³-hybridized carbons (Fsp3) is 0.915. The number of ketones is 1. The molecule has 0 aromatic carbocycles. The molecule has 2 N–H and O–H groups in total. The van der Waals surface area contributed by atoms with Crippen molar-refractivity contribution in [1.29, 1.82) is 0 Å². The highest BCUT2D eigenvalue weighted by Crippen LogP contribution is 2.36. The second kappa shape index (κ2) is 42.8. The number of aliphatic hydroxyl groups is 1. The lowest BCUT2D eigenvalue weighted by Gasteiger charge is -2.49. The van der Waals surface area contributed by atoms with Crippen LogP contribution in [0.25, 0.3) is 0 Å². The maximum atomic E-state index is 13.9. The molecular formula is C59H107NO11. The molecule has 12 nitrogen and oxygen atoms in total. The van der Waals surface area contributed by atoms with Gasteiger partial charge < -0.3 is 28.8 Å². The van der Waals surface area contributed by atoms with E-state index in [2.05, 4.69) is 33.0 Å². The summed E-state index contributed by atoms with van der Waals surface area (Å²) >= 11 is 0. The van der Waals surface area contributed by atoms with Gasteiger partial charge in [0.25, 0.3) is 5.91 Å². The standard InChI is InChI=1S/C59H107NO11/c1-5-9-13-17-21-25-29-33-37-44-52(62)67-48-51-56(68-53(63)45-38-34-30-26-22-18-14-10-6-2)57(69-54(64)46-39-35-31-27-23-19-15-11-7-3)58(59(66,71-51)60-49-42-41-43-50(49)61)70-55(65)47-40-36-32-28-24-20-16-12-8-4/h49,51,56-58,60,66H,5-48H2,1-4H3/t49?,51-,56+,57+,58-,59+/m1/s1. The van der Waals surface area contributed by atoms with Crippen LogP contribution in [-0.4, -0.2) is 77.7 Å². The molecule has 0 spiro atoms. The predicted octanol–water partition coefficient (Wildman–Crippen LogP) is 14.7. The Labute approximate surface area is 433 Å². The molecule has 6 atom stereocenters. The number of nitrogens with one attached hydrogen (secondary N) is 1. The summed E-state index contributed by atoms with van der Waals surface area (Å²) in [6.45, 7) is 8.40. The van der Waals surface area contributed by atoms with Crippen molar-refractivity contribution in [3.63, 3.8) is 0 Å². The van der Waals surface area contributed by atoms with E-state index >= 15 is 0 Å². The largest absolute Gasteiger partial charge is 0.463 e. The average Bonchev–Trinajstić information content (AvgIpc) is 3.75. The minimum atomic E-state index is -2.56. The average molecular weight is 1010 g/mol. The van der Waals surface area contributed by atoms with Gasteiger partial charge in [-0.3, -0.25) is 29.3 Å². The number of rotatable bonds is 47. The molecule has 1 aliphatic heterocycles. The van der Waals surface area contributed by atoms with Crippen LogP contribution in [0.4, 0.5) is 0 Å². The first-order valence-electron chi connectivity index (χ1n) is 30.0. The molecule has 414 valence electrons. The van der Waals surface area contributed by atoms with E-state index in [1.165, 1.54) is 109 Å². The summed E-state index contributed by atoms with van der Waals surface area (Å²) in [6.07, 6.45) is 34.2. The number of carbonyl (C=O) groups is 5. The molecule has 1 saturated carbocycles. The lowest BCUT2D eigenvalue weighted by molar-refractivity contribution is -0.365. The van der Waals surface area contributed by atoms with Crippen molar-refractivity contribution in [3.05, 3.63) is 0 Å². The fourth-order valence-electron chi connectivity index (χ4n) is 10.0. The van der Waals surface area contributed by atoms with Crippen molar-refractivity contribution in [2.24, 2.45) is 0 Å². The van der Waals surface area contributed by atoms with Crippen molar-refractivity contribution >= 4 is 29.7 Å². The van der Waals surface area contributed by atoms with Crippen molar-refractivity contribution < 1.29 is 52.8 Å². The van der Waals surface area contributed by atoms with Crippen LogP contribution in [0.5, 0.6) is 0 Å². The highest BCUT2D eigenvalue weighted by atomic mass is 16.7. The second-order valence-electron chi connectivity index (χ2n) is 21.2. The lowest BCUT2D eigenvalue weighted by atomic mass is 9.94. The van der Waals surface area contributed by atoms with Crippen molar-refractivity contribution in [3.8, 4) is 0 Å². The molecule has 71 heavy (non-hydrogen) atoms. The van der Waals surface area contributed by atoms with Crippen molar-refractivity contribution in [2.75, 3.05) is 6.61 Å². The summed E-state index contributed by atoms with van der Waals surface area (Å²) in [7, 11) is 0. The number of ether oxygens (including phenoxy) is 5. The van der Waals surface area contributed by atoms with Crippen molar-refractivity contribution in [1.82, 2.24) is 5.32 Å². The SMILES string of the molecule is CCCCCCCCCCCC(=O)OC[C@H]1O[C@](O)(NC2CCCC2=O)[C@H](OC(=O)CCCCCCCCCCC)[C@@H](OC(=O)CCCCCCCCCCC)[C@H]1OC(=O)CCCCCCCCCCC. The summed E-state index contributed by atoms with van der Waals surface area (Å²) in [5.74, 6) is -4.95. The highest BCUT2D eigenvalue weighted by molar-refractivity contribution is 5.86. The van der Waals surface area contributed by atoms with Crippen LogP contribution in [-0.2, 0) is 47.7 Å². The molecule has 0 amide bonds. The third kappa shape index (κ3) is 31.0. The lowest BCUT2D eigenvalue weighted by Crippen LogP contribution is -2.74. The molecule has 2 rings (SSSR count). The maximum Gasteiger partial charge on any atom is 0.306 e. The quantitative estimate of drug-likeness (QED) is 0.0257. The van der Waals surface area contributed by atoms with Crippen molar-refractivity contribution in [2.45, 2.75) is 340 Å². The minimum absolute atomic E-state index is 0.0485. The molecule has 0 bridgehead atoms. The molecule has 0 radical (unpaired) electrons. The molecule has 1 unspecified atom stereocenters. The summed E-state index contributed by atoms with van der Waals surface area (Å²) in [6, 6.07) is -0.836. The first-order chi connectivity index (χ1) is 34.6. The first kappa shape index (κ1) is 64.5. The van der Waals surface area contributed by atoms with E-state index in [1.807, 2.05) is 0 Å². The minimum Gasteiger partial charge on any atom is -0.463 e. The fourth-order valence-corrected chi connectivity index (χ4v) is 10.0. The molecule has 0 aromatic rings. The van der Waals surface area contributed by atoms with E-state index in [9.17, 15) is 29.1 Å².